The Bertz CT molecular complexity index is 685. The zero-order valence-electron chi connectivity index (χ0n) is 13.5. The second-order valence-corrected chi connectivity index (χ2v) is 6.96. The maximum absolute atomic E-state index is 3.87. The Labute approximate surface area is 133 Å². The molecule has 2 N–H and O–H groups in total. The fourth-order valence-electron chi connectivity index (χ4n) is 4.65. The van der Waals surface area contributed by atoms with Crippen molar-refractivity contribution in [3.8, 4) is 0 Å². The molecule has 1 unspecified atom stereocenters. The van der Waals surface area contributed by atoms with E-state index in [0.717, 1.165) is 13.0 Å². The highest BCUT2D eigenvalue weighted by molar-refractivity contribution is 5.85. The van der Waals surface area contributed by atoms with Gasteiger partial charge >= 0.3 is 0 Å². The van der Waals surface area contributed by atoms with E-state index in [2.05, 4.69) is 53.6 Å². The van der Waals surface area contributed by atoms with Gasteiger partial charge < -0.3 is 10.3 Å². The maximum atomic E-state index is 3.87. The summed E-state index contributed by atoms with van der Waals surface area (Å²) >= 11 is 0. The largest absolute Gasteiger partial charge is 0.357 e. The Kier molecular flexibility index (Phi) is 3.57. The molecule has 4 rings (SSSR count). The average molecular weight is 294 g/mol. The number of para-hydroxylation sites is 1. The Hall–Kier alpha value is -1.54. The third kappa shape index (κ3) is 2.13. The number of aromatic amines is 1. The number of hydrogen-bond donors (Lipinski definition) is 2. The lowest BCUT2D eigenvalue weighted by Gasteiger charge is -2.42. The first kappa shape index (κ1) is 14.1. The van der Waals surface area contributed by atoms with Gasteiger partial charge in [0.1, 0.15) is 0 Å². The molecule has 2 aliphatic rings. The third-order valence-corrected chi connectivity index (χ3v) is 5.96. The monoisotopic (exact) mass is 294 g/mol. The van der Waals surface area contributed by atoms with Crippen molar-refractivity contribution >= 4 is 10.9 Å². The molecule has 1 aromatic heterocycles. The zero-order valence-corrected chi connectivity index (χ0v) is 13.5. The number of fused-ring (bicyclic) bond motifs is 3. The summed E-state index contributed by atoms with van der Waals surface area (Å²) in [5.41, 5.74) is 4.72. The first-order valence-corrected chi connectivity index (χ1v) is 8.82. The van der Waals surface area contributed by atoms with E-state index in [1.807, 2.05) is 0 Å². The van der Waals surface area contributed by atoms with Crippen molar-refractivity contribution in [2.45, 2.75) is 51.5 Å². The third-order valence-electron chi connectivity index (χ3n) is 5.96. The summed E-state index contributed by atoms with van der Waals surface area (Å²) in [5, 5.41) is 5.30. The smallest absolute Gasteiger partial charge is 0.0533 e. The molecule has 0 spiro atoms. The van der Waals surface area contributed by atoms with Crippen LogP contribution in [0.4, 0.5) is 0 Å². The predicted molar refractivity (Wildman–Crippen MR) is 93.1 cm³/mol. The minimum absolute atomic E-state index is 0.388. The lowest BCUT2D eigenvalue weighted by atomic mass is 9.69. The fraction of sp³-hybridized carbons (Fsp3) is 0.500. The van der Waals surface area contributed by atoms with Crippen molar-refractivity contribution < 1.29 is 0 Å². The molecule has 22 heavy (non-hydrogen) atoms. The van der Waals surface area contributed by atoms with Crippen LogP contribution in [0.1, 0.15) is 56.3 Å². The highest BCUT2D eigenvalue weighted by Crippen LogP contribution is 2.48. The maximum Gasteiger partial charge on any atom is 0.0533 e. The van der Waals surface area contributed by atoms with E-state index in [1.165, 1.54) is 48.7 Å². The van der Waals surface area contributed by atoms with Crippen molar-refractivity contribution in [2.75, 3.05) is 6.54 Å². The van der Waals surface area contributed by atoms with Crippen molar-refractivity contribution in [2.24, 2.45) is 5.41 Å². The van der Waals surface area contributed by atoms with Crippen LogP contribution in [0.15, 0.2) is 36.4 Å². The number of rotatable bonds is 2. The number of H-pyrrole nitrogens is 1. The summed E-state index contributed by atoms with van der Waals surface area (Å²) < 4.78 is 0. The number of hydrogen-bond acceptors (Lipinski definition) is 1. The number of benzene rings is 1. The molecule has 2 aromatic rings. The normalized spacial score (nSPS) is 24.1. The molecule has 116 valence electrons. The molecule has 0 saturated carbocycles. The van der Waals surface area contributed by atoms with Gasteiger partial charge in [0.15, 0.2) is 0 Å². The first-order chi connectivity index (χ1) is 10.8. The van der Waals surface area contributed by atoms with Gasteiger partial charge in [-0.2, -0.15) is 0 Å². The molecule has 0 fully saturated rings. The Morgan fingerprint density at radius 2 is 1.91 bits per heavy atom. The molecule has 1 atom stereocenters. The van der Waals surface area contributed by atoms with E-state index in [1.54, 1.807) is 5.56 Å². The van der Waals surface area contributed by atoms with Crippen LogP contribution in [0.5, 0.6) is 0 Å². The van der Waals surface area contributed by atoms with Gasteiger partial charge in [0.25, 0.3) is 0 Å². The molecule has 1 aromatic carbocycles. The molecule has 0 radical (unpaired) electrons. The highest BCUT2D eigenvalue weighted by atomic mass is 15.0. The zero-order chi connectivity index (χ0) is 15.0. The summed E-state index contributed by atoms with van der Waals surface area (Å²) in [7, 11) is 0. The van der Waals surface area contributed by atoms with Gasteiger partial charge in [-0.1, -0.05) is 37.3 Å². The SMILES string of the molecule is CCC1(C2NCCc3c2[nH]c2ccccc32)CCC=CCC1. The molecular weight excluding hydrogens is 268 g/mol. The molecular formula is C20H26N2. The number of allylic oxidation sites excluding steroid dienone is 2. The van der Waals surface area contributed by atoms with Crippen LogP contribution in [-0.2, 0) is 6.42 Å². The van der Waals surface area contributed by atoms with Gasteiger partial charge in [0, 0.05) is 16.6 Å². The summed E-state index contributed by atoms with van der Waals surface area (Å²) in [6, 6.07) is 9.28. The number of nitrogens with one attached hydrogen (secondary N) is 2. The minimum Gasteiger partial charge on any atom is -0.357 e. The molecule has 2 nitrogen and oxygen atoms in total. The molecule has 2 heteroatoms. The Morgan fingerprint density at radius 1 is 1.14 bits per heavy atom. The van der Waals surface area contributed by atoms with Gasteiger partial charge in [-0.15, -0.1) is 0 Å². The minimum atomic E-state index is 0.388. The lowest BCUT2D eigenvalue weighted by Crippen LogP contribution is -2.42. The molecule has 2 heterocycles. The van der Waals surface area contributed by atoms with Crippen molar-refractivity contribution in [3.05, 3.63) is 47.7 Å². The Morgan fingerprint density at radius 3 is 2.68 bits per heavy atom. The van der Waals surface area contributed by atoms with Gasteiger partial charge in [-0.3, -0.25) is 0 Å². The molecule has 0 saturated heterocycles. The van der Waals surface area contributed by atoms with Crippen LogP contribution in [0.3, 0.4) is 0 Å². The second-order valence-electron chi connectivity index (χ2n) is 6.96. The van der Waals surface area contributed by atoms with E-state index in [-0.39, 0.29) is 0 Å². The van der Waals surface area contributed by atoms with Crippen LogP contribution < -0.4 is 5.32 Å². The van der Waals surface area contributed by atoms with Crippen LogP contribution in [0.2, 0.25) is 0 Å². The van der Waals surface area contributed by atoms with Crippen LogP contribution in [0, 0.1) is 5.41 Å². The van der Waals surface area contributed by atoms with Crippen LogP contribution >= 0.6 is 0 Å². The fourth-order valence-corrected chi connectivity index (χ4v) is 4.65. The topological polar surface area (TPSA) is 27.8 Å². The van der Waals surface area contributed by atoms with E-state index in [9.17, 15) is 0 Å². The van der Waals surface area contributed by atoms with Crippen LogP contribution in [-0.4, -0.2) is 11.5 Å². The van der Waals surface area contributed by atoms with Crippen molar-refractivity contribution in [1.29, 1.82) is 0 Å². The highest BCUT2D eigenvalue weighted by Gasteiger charge is 2.40. The summed E-state index contributed by atoms with van der Waals surface area (Å²) in [5.74, 6) is 0. The predicted octanol–water partition coefficient (Wildman–Crippen LogP) is 4.88. The second kappa shape index (κ2) is 5.58. The first-order valence-electron chi connectivity index (χ1n) is 8.82. The molecule has 1 aliphatic heterocycles. The van der Waals surface area contributed by atoms with Gasteiger partial charge in [-0.25, -0.2) is 0 Å². The Balaban J connectivity index is 1.81. The van der Waals surface area contributed by atoms with E-state index in [4.69, 9.17) is 0 Å². The van der Waals surface area contributed by atoms with Crippen molar-refractivity contribution in [3.63, 3.8) is 0 Å². The van der Waals surface area contributed by atoms with E-state index < -0.39 is 0 Å². The quantitative estimate of drug-likeness (QED) is 0.759. The van der Waals surface area contributed by atoms with Gasteiger partial charge in [-0.05, 0) is 62.1 Å². The standard InChI is InChI=1S/C20H26N2/c1-2-20(12-7-3-4-8-13-20)19-18-16(11-14-21-19)15-9-5-6-10-17(15)22-18/h3-6,9-10,19,21-22H,2,7-8,11-14H2,1H3. The van der Waals surface area contributed by atoms with Gasteiger partial charge in [0.05, 0.1) is 6.04 Å². The molecule has 0 amide bonds. The van der Waals surface area contributed by atoms with Crippen LogP contribution in [0.25, 0.3) is 10.9 Å². The van der Waals surface area contributed by atoms with E-state index in [0.29, 0.717) is 11.5 Å². The van der Waals surface area contributed by atoms with Gasteiger partial charge in [0.2, 0.25) is 0 Å². The number of aromatic nitrogens is 1. The molecule has 1 aliphatic carbocycles. The lowest BCUT2D eigenvalue weighted by molar-refractivity contribution is 0.146. The summed E-state index contributed by atoms with van der Waals surface area (Å²) in [6.45, 7) is 3.48. The average Bonchev–Trinajstić information content (AvgIpc) is 2.77. The summed E-state index contributed by atoms with van der Waals surface area (Å²) in [6.07, 6.45) is 12.2. The van der Waals surface area contributed by atoms with E-state index >= 15 is 0 Å². The van der Waals surface area contributed by atoms with Crippen molar-refractivity contribution in [1.82, 2.24) is 10.3 Å². The summed E-state index contributed by atoms with van der Waals surface area (Å²) in [4.78, 5) is 3.76. The molecule has 0 bridgehead atoms.